The van der Waals surface area contributed by atoms with Crippen molar-refractivity contribution in [2.75, 3.05) is 42.7 Å². The normalized spacial score (nSPS) is 14.8. The Balaban J connectivity index is 1.31. The molecular formula is C25H27N3O3S. The molecule has 1 saturated heterocycles. The van der Waals surface area contributed by atoms with Crippen LogP contribution in [0.1, 0.15) is 15.9 Å². The molecule has 0 spiro atoms. The summed E-state index contributed by atoms with van der Waals surface area (Å²) in [6.45, 7) is 4.93. The number of carbonyl (C=O) groups is 1. The van der Waals surface area contributed by atoms with E-state index in [2.05, 4.69) is 39.4 Å². The van der Waals surface area contributed by atoms with E-state index in [4.69, 9.17) is 0 Å². The van der Waals surface area contributed by atoms with E-state index in [1.54, 1.807) is 0 Å². The molecule has 4 rings (SSSR count). The number of hydrogen-bond donors (Lipinski definition) is 1. The summed E-state index contributed by atoms with van der Waals surface area (Å²) in [5.41, 5.74) is 3.59. The molecule has 1 aliphatic rings. The molecule has 0 atom stereocenters. The summed E-state index contributed by atoms with van der Waals surface area (Å²) in [6.07, 6.45) is 1.15. The third kappa shape index (κ3) is 5.55. The average molecular weight is 450 g/mol. The van der Waals surface area contributed by atoms with Gasteiger partial charge in [0.15, 0.2) is 9.84 Å². The number of anilines is 2. The number of hydrogen-bond acceptors (Lipinski definition) is 5. The maximum absolute atomic E-state index is 12.5. The van der Waals surface area contributed by atoms with Crippen molar-refractivity contribution in [1.82, 2.24) is 4.90 Å². The van der Waals surface area contributed by atoms with Gasteiger partial charge in [0.05, 0.1) is 4.90 Å². The topological polar surface area (TPSA) is 69.7 Å². The number of piperazine rings is 1. The Morgan fingerprint density at radius 1 is 0.844 bits per heavy atom. The largest absolute Gasteiger partial charge is 0.369 e. The van der Waals surface area contributed by atoms with Crippen LogP contribution >= 0.6 is 0 Å². The van der Waals surface area contributed by atoms with E-state index in [1.165, 1.54) is 29.8 Å². The minimum atomic E-state index is -3.28. The van der Waals surface area contributed by atoms with Crippen molar-refractivity contribution >= 4 is 27.1 Å². The number of sulfone groups is 1. The quantitative estimate of drug-likeness (QED) is 0.622. The van der Waals surface area contributed by atoms with Crippen molar-refractivity contribution in [3.63, 3.8) is 0 Å². The van der Waals surface area contributed by atoms with Crippen LogP contribution in [-0.4, -0.2) is 51.7 Å². The summed E-state index contributed by atoms with van der Waals surface area (Å²) in [6, 6.07) is 24.3. The highest BCUT2D eigenvalue weighted by Crippen LogP contribution is 2.21. The van der Waals surface area contributed by atoms with Crippen LogP contribution < -0.4 is 10.2 Å². The van der Waals surface area contributed by atoms with Crippen molar-refractivity contribution in [2.24, 2.45) is 0 Å². The molecule has 32 heavy (non-hydrogen) atoms. The second-order valence-corrected chi connectivity index (χ2v) is 10.1. The van der Waals surface area contributed by atoms with Crippen molar-refractivity contribution < 1.29 is 13.2 Å². The number of benzene rings is 3. The van der Waals surface area contributed by atoms with Gasteiger partial charge in [0.1, 0.15) is 0 Å². The molecule has 1 aliphatic heterocycles. The Kier molecular flexibility index (Phi) is 6.58. The zero-order chi connectivity index (χ0) is 22.6. The summed E-state index contributed by atoms with van der Waals surface area (Å²) < 4.78 is 23.1. The predicted octanol–water partition coefficient (Wildman–Crippen LogP) is 3.66. The van der Waals surface area contributed by atoms with Crippen LogP contribution in [-0.2, 0) is 16.4 Å². The molecule has 166 valence electrons. The van der Waals surface area contributed by atoms with E-state index >= 15 is 0 Å². The van der Waals surface area contributed by atoms with Gasteiger partial charge in [-0.2, -0.15) is 0 Å². The summed E-state index contributed by atoms with van der Waals surface area (Å²) in [5, 5.41) is 2.87. The average Bonchev–Trinajstić information content (AvgIpc) is 2.80. The molecule has 7 heteroatoms. The Labute approximate surface area is 189 Å². The van der Waals surface area contributed by atoms with Crippen molar-refractivity contribution in [3.05, 3.63) is 90.0 Å². The smallest absolute Gasteiger partial charge is 0.255 e. The van der Waals surface area contributed by atoms with Gasteiger partial charge in [-0.1, -0.05) is 30.3 Å². The summed E-state index contributed by atoms with van der Waals surface area (Å²) >= 11 is 0. The van der Waals surface area contributed by atoms with Crippen molar-refractivity contribution in [3.8, 4) is 0 Å². The molecule has 0 bridgehead atoms. The van der Waals surface area contributed by atoms with Gasteiger partial charge in [-0.25, -0.2) is 8.42 Å². The van der Waals surface area contributed by atoms with Crippen molar-refractivity contribution in [1.29, 1.82) is 0 Å². The van der Waals surface area contributed by atoms with E-state index in [0.717, 1.165) is 44.7 Å². The van der Waals surface area contributed by atoms with Crippen LogP contribution in [0.15, 0.2) is 83.8 Å². The van der Waals surface area contributed by atoms with Gasteiger partial charge in [-0.3, -0.25) is 9.69 Å². The fraction of sp³-hybridized carbons (Fsp3) is 0.240. The monoisotopic (exact) mass is 449 g/mol. The summed E-state index contributed by atoms with van der Waals surface area (Å²) in [7, 11) is -3.28. The van der Waals surface area contributed by atoms with E-state index in [0.29, 0.717) is 11.3 Å². The maximum Gasteiger partial charge on any atom is 0.255 e. The minimum Gasteiger partial charge on any atom is -0.369 e. The Hall–Kier alpha value is -3.16. The lowest BCUT2D eigenvalue weighted by Crippen LogP contribution is -2.45. The first-order valence-electron chi connectivity index (χ1n) is 10.6. The molecule has 0 saturated carbocycles. The third-order valence-corrected chi connectivity index (χ3v) is 6.78. The van der Waals surface area contributed by atoms with Gasteiger partial charge < -0.3 is 10.2 Å². The summed E-state index contributed by atoms with van der Waals surface area (Å²) in [4.78, 5) is 17.5. The van der Waals surface area contributed by atoms with Gasteiger partial charge in [0.2, 0.25) is 0 Å². The number of nitrogens with one attached hydrogen (secondary N) is 1. The molecule has 1 fully saturated rings. The van der Waals surface area contributed by atoms with Gasteiger partial charge >= 0.3 is 0 Å². The molecule has 1 N–H and O–H groups in total. The molecule has 0 aromatic heterocycles. The zero-order valence-corrected chi connectivity index (χ0v) is 18.9. The molecule has 3 aromatic rings. The first-order chi connectivity index (χ1) is 15.4. The van der Waals surface area contributed by atoms with E-state index in [9.17, 15) is 13.2 Å². The number of carbonyl (C=O) groups excluding carboxylic acids is 1. The van der Waals surface area contributed by atoms with Crippen LogP contribution in [0.5, 0.6) is 0 Å². The minimum absolute atomic E-state index is 0.197. The number of amides is 1. The molecule has 0 unspecified atom stereocenters. The van der Waals surface area contributed by atoms with Crippen LogP contribution in [0.4, 0.5) is 11.4 Å². The SMILES string of the molecule is CS(=O)(=O)c1ccc(C(=O)Nc2ccc(N3CCN(Cc4ccccc4)CC3)cc2)cc1. The molecule has 0 radical (unpaired) electrons. The first kappa shape index (κ1) is 22.0. The highest BCUT2D eigenvalue weighted by Gasteiger charge is 2.17. The van der Waals surface area contributed by atoms with Gasteiger partial charge in [0, 0.05) is 55.9 Å². The van der Waals surface area contributed by atoms with E-state index in [1.807, 2.05) is 30.3 Å². The first-order valence-corrected chi connectivity index (χ1v) is 12.5. The lowest BCUT2D eigenvalue weighted by atomic mass is 10.2. The second-order valence-electron chi connectivity index (χ2n) is 8.05. The number of rotatable bonds is 6. The Bertz CT molecular complexity index is 1150. The van der Waals surface area contributed by atoms with Gasteiger partial charge in [-0.15, -0.1) is 0 Å². The zero-order valence-electron chi connectivity index (χ0n) is 18.1. The second kappa shape index (κ2) is 9.54. The van der Waals surface area contributed by atoms with Gasteiger partial charge in [-0.05, 0) is 54.1 Å². The number of nitrogens with zero attached hydrogens (tertiary/aromatic N) is 2. The standard InChI is InChI=1S/C25H27N3O3S/c1-32(30,31)24-13-7-21(8-14-24)25(29)26-22-9-11-23(12-10-22)28-17-15-27(16-18-28)19-20-5-3-2-4-6-20/h2-14H,15-19H2,1H3,(H,26,29). The molecule has 6 nitrogen and oxygen atoms in total. The van der Waals surface area contributed by atoms with Crippen LogP contribution in [0.3, 0.4) is 0 Å². The van der Waals surface area contributed by atoms with Gasteiger partial charge in [0.25, 0.3) is 5.91 Å². The fourth-order valence-electron chi connectivity index (χ4n) is 3.82. The lowest BCUT2D eigenvalue weighted by molar-refractivity contribution is 0.102. The van der Waals surface area contributed by atoms with Crippen LogP contribution in [0, 0.1) is 0 Å². The predicted molar refractivity (Wildman–Crippen MR) is 128 cm³/mol. The third-order valence-electron chi connectivity index (χ3n) is 5.66. The van der Waals surface area contributed by atoms with E-state index in [-0.39, 0.29) is 10.8 Å². The summed E-state index contributed by atoms with van der Waals surface area (Å²) in [5.74, 6) is -0.271. The molecule has 1 heterocycles. The molecule has 1 amide bonds. The molecule has 0 aliphatic carbocycles. The van der Waals surface area contributed by atoms with Crippen LogP contribution in [0.2, 0.25) is 0 Å². The maximum atomic E-state index is 12.5. The Morgan fingerprint density at radius 3 is 2.06 bits per heavy atom. The lowest BCUT2D eigenvalue weighted by Gasteiger charge is -2.36. The Morgan fingerprint density at radius 2 is 1.47 bits per heavy atom. The van der Waals surface area contributed by atoms with Crippen LogP contribution in [0.25, 0.3) is 0 Å². The van der Waals surface area contributed by atoms with Crippen molar-refractivity contribution in [2.45, 2.75) is 11.4 Å². The molecule has 3 aromatic carbocycles. The van der Waals surface area contributed by atoms with E-state index < -0.39 is 9.84 Å². The highest BCUT2D eigenvalue weighted by atomic mass is 32.2. The highest BCUT2D eigenvalue weighted by molar-refractivity contribution is 7.90. The molecular weight excluding hydrogens is 422 g/mol. The fourth-order valence-corrected chi connectivity index (χ4v) is 4.45.